The molecule has 0 heterocycles. The van der Waals surface area contributed by atoms with Gasteiger partial charge in [-0.05, 0) is 62.1 Å². The number of carboxylic acids is 1. The number of ether oxygens (including phenoxy) is 1. The first-order valence-corrected chi connectivity index (χ1v) is 9.48. The molecule has 2 atom stereocenters. The number of carboxylic acid groups (broad SMARTS) is 1. The molecule has 0 aliphatic carbocycles. The van der Waals surface area contributed by atoms with E-state index in [1.807, 2.05) is 12.1 Å². The van der Waals surface area contributed by atoms with Crippen molar-refractivity contribution in [2.75, 3.05) is 6.61 Å². The van der Waals surface area contributed by atoms with Gasteiger partial charge in [0.15, 0.2) is 0 Å². The third kappa shape index (κ3) is 7.15. The summed E-state index contributed by atoms with van der Waals surface area (Å²) in [5, 5.41) is 20.9. The van der Waals surface area contributed by atoms with Crippen molar-refractivity contribution in [2.45, 2.75) is 38.4 Å². The second-order valence-electron chi connectivity index (χ2n) is 7.18. The number of carbonyl (C=O) groups is 1. The van der Waals surface area contributed by atoms with Gasteiger partial charge in [0.2, 0.25) is 0 Å². The first kappa shape index (κ1) is 21.7. The van der Waals surface area contributed by atoms with Crippen molar-refractivity contribution < 1.29 is 19.7 Å². The Morgan fingerprint density at radius 3 is 2.04 bits per heavy atom. The number of benzene rings is 2. The van der Waals surface area contributed by atoms with Gasteiger partial charge in [-0.15, -0.1) is 0 Å². The van der Waals surface area contributed by atoms with E-state index in [1.165, 1.54) is 0 Å². The number of halogens is 2. The van der Waals surface area contributed by atoms with Gasteiger partial charge in [0, 0.05) is 10.0 Å². The smallest absolute Gasteiger partial charge is 0.309 e. The molecule has 0 bridgehead atoms. The lowest BCUT2D eigenvalue weighted by molar-refractivity contribution is -0.148. The molecule has 0 aromatic heterocycles. The van der Waals surface area contributed by atoms with Crippen LogP contribution >= 0.6 is 23.2 Å². The van der Waals surface area contributed by atoms with Gasteiger partial charge in [-0.1, -0.05) is 47.5 Å². The summed E-state index contributed by atoms with van der Waals surface area (Å²) in [7, 11) is 0. The van der Waals surface area contributed by atoms with Crippen LogP contribution in [0.2, 0.25) is 10.0 Å². The number of hydrogen-bond donors (Lipinski definition) is 2. The Labute approximate surface area is 169 Å². The molecule has 0 radical (unpaired) electrons. The zero-order chi connectivity index (χ0) is 20.0. The van der Waals surface area contributed by atoms with E-state index >= 15 is 0 Å². The maximum absolute atomic E-state index is 12.0. The van der Waals surface area contributed by atoms with E-state index in [0.717, 1.165) is 11.1 Å². The summed E-state index contributed by atoms with van der Waals surface area (Å²) in [6, 6.07) is 14.1. The van der Waals surface area contributed by atoms with E-state index in [-0.39, 0.29) is 6.61 Å². The van der Waals surface area contributed by atoms with Gasteiger partial charge in [-0.25, -0.2) is 0 Å². The summed E-state index contributed by atoms with van der Waals surface area (Å²) >= 11 is 11.9. The maximum Gasteiger partial charge on any atom is 0.309 e. The molecule has 146 valence electrons. The minimum Gasteiger partial charge on any atom is -0.481 e. The average Bonchev–Trinajstić information content (AvgIpc) is 2.58. The monoisotopic (exact) mass is 410 g/mol. The molecule has 2 unspecified atom stereocenters. The SMILES string of the molecule is CC(C)(O)CCOC(c1ccc(Cl)cc1)C(Cc1ccc(Cl)cc1)C(=O)O. The third-order valence-electron chi connectivity index (χ3n) is 4.26. The number of rotatable bonds is 9. The third-order valence-corrected chi connectivity index (χ3v) is 4.77. The Hall–Kier alpha value is -1.59. The fourth-order valence-corrected chi connectivity index (χ4v) is 2.98. The van der Waals surface area contributed by atoms with Crippen molar-refractivity contribution in [3.05, 3.63) is 69.7 Å². The van der Waals surface area contributed by atoms with Crippen LogP contribution in [-0.2, 0) is 16.0 Å². The summed E-state index contributed by atoms with van der Waals surface area (Å²) in [6.07, 6.45) is 0.0185. The van der Waals surface area contributed by atoms with Crippen LogP contribution in [0.1, 0.15) is 37.5 Å². The van der Waals surface area contributed by atoms with Gasteiger partial charge in [-0.3, -0.25) is 4.79 Å². The van der Waals surface area contributed by atoms with Gasteiger partial charge in [0.05, 0.1) is 24.2 Å². The van der Waals surface area contributed by atoms with Crippen LogP contribution in [0.15, 0.2) is 48.5 Å². The van der Waals surface area contributed by atoms with Gasteiger partial charge in [-0.2, -0.15) is 0 Å². The lowest BCUT2D eigenvalue weighted by atomic mass is 9.89. The van der Waals surface area contributed by atoms with Crippen molar-refractivity contribution in [3.8, 4) is 0 Å². The fraction of sp³-hybridized carbons (Fsp3) is 0.381. The van der Waals surface area contributed by atoms with E-state index in [1.54, 1.807) is 50.2 Å². The maximum atomic E-state index is 12.0. The van der Waals surface area contributed by atoms with Gasteiger partial charge >= 0.3 is 5.97 Å². The van der Waals surface area contributed by atoms with Gasteiger partial charge in [0.1, 0.15) is 0 Å². The molecule has 2 rings (SSSR count). The summed E-state index contributed by atoms with van der Waals surface area (Å²) in [6.45, 7) is 3.62. The lowest BCUT2D eigenvalue weighted by Crippen LogP contribution is -2.28. The normalized spacial score (nSPS) is 14.0. The summed E-state index contributed by atoms with van der Waals surface area (Å²) in [5.74, 6) is -1.75. The molecule has 27 heavy (non-hydrogen) atoms. The molecule has 0 aliphatic heterocycles. The van der Waals surface area contributed by atoms with Crippen molar-refractivity contribution in [1.82, 2.24) is 0 Å². The molecule has 2 aromatic carbocycles. The van der Waals surface area contributed by atoms with E-state index in [2.05, 4.69) is 0 Å². The zero-order valence-corrected chi connectivity index (χ0v) is 16.9. The van der Waals surface area contributed by atoms with Crippen molar-refractivity contribution >= 4 is 29.2 Å². The molecule has 0 spiro atoms. The van der Waals surface area contributed by atoms with Crippen molar-refractivity contribution in [2.24, 2.45) is 5.92 Å². The van der Waals surface area contributed by atoms with Crippen LogP contribution in [0.25, 0.3) is 0 Å². The Bertz CT molecular complexity index is 736. The molecular weight excluding hydrogens is 387 g/mol. The van der Waals surface area contributed by atoms with Crippen molar-refractivity contribution in [3.63, 3.8) is 0 Å². The van der Waals surface area contributed by atoms with Gasteiger partial charge < -0.3 is 14.9 Å². The van der Waals surface area contributed by atoms with Crippen LogP contribution in [-0.4, -0.2) is 28.4 Å². The Kier molecular flexibility index (Phi) is 7.68. The largest absolute Gasteiger partial charge is 0.481 e. The zero-order valence-electron chi connectivity index (χ0n) is 15.4. The standard InChI is InChI=1S/C21H24Cl2O4/c1-21(2,26)11-12-27-19(15-5-9-17(23)10-6-15)18(20(24)25)13-14-3-7-16(22)8-4-14/h3-10,18-19,26H,11-13H2,1-2H3,(H,24,25). The summed E-state index contributed by atoms with van der Waals surface area (Å²) < 4.78 is 5.95. The minimum absolute atomic E-state index is 0.237. The molecule has 6 heteroatoms. The molecule has 2 aromatic rings. The highest BCUT2D eigenvalue weighted by Gasteiger charge is 2.31. The van der Waals surface area contributed by atoms with Crippen LogP contribution < -0.4 is 0 Å². The van der Waals surface area contributed by atoms with E-state index in [4.69, 9.17) is 27.9 Å². The predicted octanol–water partition coefficient (Wildman–Crippen LogP) is 5.16. The van der Waals surface area contributed by atoms with E-state index in [9.17, 15) is 15.0 Å². The van der Waals surface area contributed by atoms with Crippen LogP contribution in [0, 0.1) is 5.92 Å². The summed E-state index contributed by atoms with van der Waals surface area (Å²) in [4.78, 5) is 12.0. The van der Waals surface area contributed by atoms with Crippen LogP contribution in [0.3, 0.4) is 0 Å². The highest BCUT2D eigenvalue weighted by Crippen LogP contribution is 2.31. The molecule has 0 fully saturated rings. The average molecular weight is 411 g/mol. The second kappa shape index (κ2) is 9.56. The predicted molar refractivity (Wildman–Crippen MR) is 107 cm³/mol. The number of hydrogen-bond acceptors (Lipinski definition) is 3. The summed E-state index contributed by atoms with van der Waals surface area (Å²) in [5.41, 5.74) is 0.702. The Morgan fingerprint density at radius 1 is 1.04 bits per heavy atom. The minimum atomic E-state index is -0.951. The lowest BCUT2D eigenvalue weighted by Gasteiger charge is -2.27. The van der Waals surface area contributed by atoms with Crippen molar-refractivity contribution in [1.29, 1.82) is 0 Å². The van der Waals surface area contributed by atoms with Gasteiger partial charge in [0.25, 0.3) is 0 Å². The highest BCUT2D eigenvalue weighted by atomic mass is 35.5. The highest BCUT2D eigenvalue weighted by molar-refractivity contribution is 6.30. The quantitative estimate of drug-likeness (QED) is 0.599. The topological polar surface area (TPSA) is 66.8 Å². The molecule has 0 aliphatic rings. The molecular formula is C21H24Cl2O4. The molecule has 2 N–H and O–H groups in total. The number of aliphatic carboxylic acids is 1. The van der Waals surface area contributed by atoms with E-state index in [0.29, 0.717) is 22.9 Å². The number of aliphatic hydroxyl groups is 1. The Morgan fingerprint density at radius 2 is 1.56 bits per heavy atom. The second-order valence-corrected chi connectivity index (χ2v) is 8.05. The first-order valence-electron chi connectivity index (χ1n) is 8.72. The molecule has 0 saturated heterocycles. The first-order chi connectivity index (χ1) is 12.7. The van der Waals surface area contributed by atoms with Crippen LogP contribution in [0.5, 0.6) is 0 Å². The fourth-order valence-electron chi connectivity index (χ4n) is 2.73. The molecule has 0 saturated carbocycles. The van der Waals surface area contributed by atoms with E-state index < -0.39 is 23.6 Å². The Balaban J connectivity index is 2.26. The molecule has 0 amide bonds. The molecule has 4 nitrogen and oxygen atoms in total. The van der Waals surface area contributed by atoms with Crippen LogP contribution in [0.4, 0.5) is 0 Å².